The van der Waals surface area contributed by atoms with Crippen LogP contribution in [0.3, 0.4) is 0 Å². The molecule has 0 atom stereocenters. The number of carbonyl (C=O) groups is 4. The van der Waals surface area contributed by atoms with E-state index in [0.717, 1.165) is 0 Å². The molecule has 0 fully saturated rings. The van der Waals surface area contributed by atoms with Crippen molar-refractivity contribution < 1.29 is 19.2 Å². The van der Waals surface area contributed by atoms with Gasteiger partial charge in [-0.1, -0.05) is 30.3 Å². The fourth-order valence-electron chi connectivity index (χ4n) is 1.47. The first kappa shape index (κ1) is 15.6. The predicted molar refractivity (Wildman–Crippen MR) is 72.1 cm³/mol. The lowest BCUT2D eigenvalue weighted by Gasteiger charge is -2.04. The zero-order chi connectivity index (χ0) is 15.0. The number of Topliss-reactive ketones (excluding diaryl/α,β-unsaturated/α-hetero) is 2. The first-order valence-electron chi connectivity index (χ1n) is 6.14. The zero-order valence-electron chi connectivity index (χ0n) is 11.1. The van der Waals surface area contributed by atoms with Crippen molar-refractivity contribution in [2.75, 3.05) is 13.1 Å². The van der Waals surface area contributed by atoms with E-state index in [-0.39, 0.29) is 19.0 Å². The van der Waals surface area contributed by atoms with Gasteiger partial charge in [0.1, 0.15) is 0 Å². The van der Waals surface area contributed by atoms with Gasteiger partial charge in [-0.25, -0.2) is 0 Å². The Morgan fingerprint density at radius 2 is 1.55 bits per heavy atom. The van der Waals surface area contributed by atoms with Crippen LogP contribution in [0.2, 0.25) is 0 Å². The maximum atomic E-state index is 11.7. The average molecular weight is 276 g/mol. The SMILES string of the molecule is CC(=O)NCCNC(=O)C(=O)CC(=O)c1ccccc1. The molecule has 106 valence electrons. The van der Waals surface area contributed by atoms with Gasteiger partial charge in [0.2, 0.25) is 11.7 Å². The molecule has 2 amide bonds. The summed E-state index contributed by atoms with van der Waals surface area (Å²) in [5.41, 5.74) is 0.395. The summed E-state index contributed by atoms with van der Waals surface area (Å²) in [5.74, 6) is -2.22. The molecule has 1 aromatic rings. The molecular formula is C14H16N2O4. The number of carbonyl (C=O) groups excluding carboxylic acids is 4. The van der Waals surface area contributed by atoms with Crippen molar-refractivity contribution in [1.29, 1.82) is 0 Å². The molecule has 0 saturated heterocycles. The number of hydrogen-bond donors (Lipinski definition) is 2. The average Bonchev–Trinajstić information content (AvgIpc) is 2.44. The Kier molecular flexibility index (Phi) is 6.09. The summed E-state index contributed by atoms with van der Waals surface area (Å²) in [7, 11) is 0. The predicted octanol–water partition coefficient (Wildman–Crippen LogP) is 0.0808. The van der Waals surface area contributed by atoms with Crippen LogP contribution in [0.15, 0.2) is 30.3 Å². The van der Waals surface area contributed by atoms with Crippen LogP contribution in [0.5, 0.6) is 0 Å². The lowest BCUT2D eigenvalue weighted by Crippen LogP contribution is -2.37. The molecule has 0 heterocycles. The van der Waals surface area contributed by atoms with Crippen LogP contribution in [0, 0.1) is 0 Å². The monoisotopic (exact) mass is 276 g/mol. The van der Waals surface area contributed by atoms with Crippen molar-refractivity contribution in [3.05, 3.63) is 35.9 Å². The number of rotatable bonds is 7. The molecule has 20 heavy (non-hydrogen) atoms. The molecule has 0 bridgehead atoms. The highest BCUT2D eigenvalue weighted by Gasteiger charge is 2.18. The second kappa shape index (κ2) is 7.83. The van der Waals surface area contributed by atoms with Gasteiger partial charge < -0.3 is 10.6 Å². The van der Waals surface area contributed by atoms with Gasteiger partial charge >= 0.3 is 0 Å². The Balaban J connectivity index is 2.37. The Bertz CT molecular complexity index is 511. The largest absolute Gasteiger partial charge is 0.355 e. The van der Waals surface area contributed by atoms with Gasteiger partial charge in [-0.15, -0.1) is 0 Å². The van der Waals surface area contributed by atoms with E-state index in [4.69, 9.17) is 0 Å². The van der Waals surface area contributed by atoms with Crippen LogP contribution in [-0.4, -0.2) is 36.5 Å². The Labute approximate surface area is 116 Å². The third-order valence-electron chi connectivity index (χ3n) is 2.45. The van der Waals surface area contributed by atoms with E-state index in [9.17, 15) is 19.2 Å². The van der Waals surface area contributed by atoms with Gasteiger partial charge in [0.25, 0.3) is 5.91 Å². The Morgan fingerprint density at radius 1 is 0.950 bits per heavy atom. The summed E-state index contributed by atoms with van der Waals surface area (Å²) in [4.78, 5) is 45.3. The highest BCUT2D eigenvalue weighted by atomic mass is 16.2. The van der Waals surface area contributed by atoms with Gasteiger partial charge in [0.05, 0.1) is 6.42 Å². The topological polar surface area (TPSA) is 92.3 Å². The van der Waals surface area contributed by atoms with Gasteiger partial charge in [-0.3, -0.25) is 19.2 Å². The maximum absolute atomic E-state index is 11.7. The number of benzene rings is 1. The lowest BCUT2D eigenvalue weighted by molar-refractivity contribution is -0.137. The molecule has 2 N–H and O–H groups in total. The Morgan fingerprint density at radius 3 is 2.15 bits per heavy atom. The molecule has 0 radical (unpaired) electrons. The molecule has 0 aliphatic heterocycles. The quantitative estimate of drug-likeness (QED) is 0.319. The van der Waals surface area contributed by atoms with E-state index < -0.39 is 23.9 Å². The minimum atomic E-state index is -0.820. The molecule has 1 aromatic carbocycles. The third kappa shape index (κ3) is 5.43. The second-order valence-electron chi connectivity index (χ2n) is 4.13. The second-order valence-corrected chi connectivity index (χ2v) is 4.13. The maximum Gasteiger partial charge on any atom is 0.287 e. The number of hydrogen-bond acceptors (Lipinski definition) is 4. The standard InChI is InChI=1S/C14H16N2O4/c1-10(17)15-7-8-16-14(20)13(19)9-12(18)11-5-3-2-4-6-11/h2-6H,7-9H2,1H3,(H,15,17)(H,16,20). The lowest BCUT2D eigenvalue weighted by atomic mass is 10.1. The molecule has 0 unspecified atom stereocenters. The molecule has 0 saturated carbocycles. The first-order chi connectivity index (χ1) is 9.50. The summed E-state index contributed by atoms with van der Waals surface area (Å²) >= 11 is 0. The van der Waals surface area contributed by atoms with Crippen LogP contribution >= 0.6 is 0 Å². The summed E-state index contributed by atoms with van der Waals surface area (Å²) in [6, 6.07) is 8.30. The molecule has 0 aromatic heterocycles. The first-order valence-corrected chi connectivity index (χ1v) is 6.14. The molecule has 1 rings (SSSR count). The van der Waals surface area contributed by atoms with Crippen molar-refractivity contribution >= 4 is 23.4 Å². The highest BCUT2D eigenvalue weighted by molar-refractivity contribution is 6.40. The van der Waals surface area contributed by atoms with E-state index in [2.05, 4.69) is 10.6 Å². The molecule has 0 aliphatic carbocycles. The summed E-state index contributed by atoms with van der Waals surface area (Å²) in [6.07, 6.45) is -0.462. The molecule has 6 nitrogen and oxygen atoms in total. The van der Waals surface area contributed by atoms with Crippen LogP contribution in [0.1, 0.15) is 23.7 Å². The molecular weight excluding hydrogens is 260 g/mol. The van der Waals surface area contributed by atoms with Gasteiger partial charge in [0, 0.05) is 25.6 Å². The summed E-state index contributed by atoms with van der Waals surface area (Å²) in [6.45, 7) is 1.73. The fourth-order valence-corrected chi connectivity index (χ4v) is 1.47. The van der Waals surface area contributed by atoms with Gasteiger partial charge in [-0.05, 0) is 0 Å². The van der Waals surface area contributed by atoms with Gasteiger partial charge in [0.15, 0.2) is 5.78 Å². The van der Waals surface area contributed by atoms with Crippen molar-refractivity contribution in [2.24, 2.45) is 0 Å². The molecule has 6 heteroatoms. The van der Waals surface area contributed by atoms with E-state index in [1.807, 2.05) is 0 Å². The zero-order valence-corrected chi connectivity index (χ0v) is 11.1. The van der Waals surface area contributed by atoms with E-state index in [1.165, 1.54) is 6.92 Å². The fraction of sp³-hybridized carbons (Fsp3) is 0.286. The molecule has 0 spiro atoms. The smallest absolute Gasteiger partial charge is 0.287 e. The van der Waals surface area contributed by atoms with Crippen molar-refractivity contribution in [1.82, 2.24) is 10.6 Å². The molecule has 0 aliphatic rings. The Hall–Kier alpha value is -2.50. The number of amides is 2. The summed E-state index contributed by atoms with van der Waals surface area (Å²) < 4.78 is 0. The van der Waals surface area contributed by atoms with Crippen LogP contribution in [-0.2, 0) is 14.4 Å². The summed E-state index contributed by atoms with van der Waals surface area (Å²) in [5, 5.41) is 4.81. The van der Waals surface area contributed by atoms with Crippen LogP contribution in [0.4, 0.5) is 0 Å². The highest BCUT2D eigenvalue weighted by Crippen LogP contribution is 2.03. The minimum absolute atomic E-state index is 0.143. The van der Waals surface area contributed by atoms with Gasteiger partial charge in [-0.2, -0.15) is 0 Å². The number of nitrogens with one attached hydrogen (secondary N) is 2. The number of ketones is 2. The van der Waals surface area contributed by atoms with Crippen molar-refractivity contribution in [3.63, 3.8) is 0 Å². The van der Waals surface area contributed by atoms with E-state index >= 15 is 0 Å². The minimum Gasteiger partial charge on any atom is -0.355 e. The van der Waals surface area contributed by atoms with E-state index in [1.54, 1.807) is 30.3 Å². The normalized spacial score (nSPS) is 9.65. The van der Waals surface area contributed by atoms with Crippen LogP contribution < -0.4 is 10.6 Å². The third-order valence-corrected chi connectivity index (χ3v) is 2.45. The van der Waals surface area contributed by atoms with E-state index in [0.29, 0.717) is 5.56 Å². The van der Waals surface area contributed by atoms with Crippen LogP contribution in [0.25, 0.3) is 0 Å². The van der Waals surface area contributed by atoms with Crippen molar-refractivity contribution in [2.45, 2.75) is 13.3 Å². The van der Waals surface area contributed by atoms with Crippen molar-refractivity contribution in [3.8, 4) is 0 Å².